The van der Waals surface area contributed by atoms with Gasteiger partial charge >= 0.3 is 0 Å². The van der Waals surface area contributed by atoms with Crippen LogP contribution in [0.3, 0.4) is 0 Å². The minimum Gasteiger partial charge on any atom is -0.385 e. The molecule has 1 aromatic rings. The molecule has 0 unspecified atom stereocenters. The van der Waals surface area contributed by atoms with Gasteiger partial charge in [0.2, 0.25) is 0 Å². The molecule has 0 atom stereocenters. The van der Waals surface area contributed by atoms with Crippen molar-refractivity contribution in [2.45, 2.75) is 38.1 Å². The van der Waals surface area contributed by atoms with Crippen LogP contribution in [-0.4, -0.2) is 26.3 Å². The Labute approximate surface area is 115 Å². The summed E-state index contributed by atoms with van der Waals surface area (Å²) in [6.45, 7) is 1.88. The fourth-order valence-corrected chi connectivity index (χ4v) is 2.37. The Morgan fingerprint density at radius 2 is 2.11 bits per heavy atom. The third-order valence-corrected chi connectivity index (χ3v) is 3.60. The van der Waals surface area contributed by atoms with Crippen LogP contribution >= 0.6 is 11.6 Å². The highest BCUT2D eigenvalue weighted by atomic mass is 35.5. The molecule has 1 aliphatic carbocycles. The smallest absolute Gasteiger partial charge is 0.0465 e. The van der Waals surface area contributed by atoms with Crippen molar-refractivity contribution in [2.24, 2.45) is 0 Å². The Balaban J connectivity index is 1.88. The molecule has 0 bridgehead atoms. The van der Waals surface area contributed by atoms with Crippen molar-refractivity contribution in [3.05, 3.63) is 34.3 Å². The van der Waals surface area contributed by atoms with Crippen LogP contribution in [0.1, 0.15) is 30.4 Å². The third kappa shape index (κ3) is 4.60. The number of hydrogen-bond donors (Lipinski definition) is 1. The number of aryl methyl sites for hydroxylation is 1. The first kappa shape index (κ1) is 13.9. The molecule has 18 heavy (non-hydrogen) atoms. The highest BCUT2D eigenvalue weighted by Crippen LogP contribution is 2.20. The van der Waals surface area contributed by atoms with Crippen LogP contribution < -0.4 is 5.32 Å². The van der Waals surface area contributed by atoms with E-state index in [1.165, 1.54) is 24.0 Å². The molecule has 2 nitrogen and oxygen atoms in total. The maximum absolute atomic E-state index is 6.09. The van der Waals surface area contributed by atoms with Crippen LogP contribution in [0.15, 0.2) is 18.2 Å². The summed E-state index contributed by atoms with van der Waals surface area (Å²) >= 11 is 6.09. The average Bonchev–Trinajstić information content (AvgIpc) is 3.16. The summed E-state index contributed by atoms with van der Waals surface area (Å²) in [6, 6.07) is 7.03. The standard InChI is InChI=1S/C15H22ClNO/c1-18-10-2-3-12-4-5-14(16)11-13(12)8-9-17-15-6-7-15/h4-5,11,15,17H,2-3,6-10H2,1H3. The molecule has 1 aromatic carbocycles. The normalized spacial score (nSPS) is 15.0. The van der Waals surface area contributed by atoms with Gasteiger partial charge in [-0.25, -0.2) is 0 Å². The van der Waals surface area contributed by atoms with Gasteiger partial charge in [-0.15, -0.1) is 0 Å². The van der Waals surface area contributed by atoms with Gasteiger partial charge in [-0.05, 0) is 61.9 Å². The van der Waals surface area contributed by atoms with Crippen LogP contribution in [0, 0.1) is 0 Å². The predicted molar refractivity (Wildman–Crippen MR) is 76.4 cm³/mol. The van der Waals surface area contributed by atoms with Gasteiger partial charge in [-0.3, -0.25) is 0 Å². The molecule has 1 saturated carbocycles. The summed E-state index contributed by atoms with van der Waals surface area (Å²) in [7, 11) is 1.75. The summed E-state index contributed by atoms with van der Waals surface area (Å²) in [6.07, 6.45) is 5.90. The van der Waals surface area contributed by atoms with E-state index >= 15 is 0 Å². The monoisotopic (exact) mass is 267 g/mol. The summed E-state index contributed by atoms with van der Waals surface area (Å²) in [5.41, 5.74) is 2.79. The van der Waals surface area contributed by atoms with Crippen molar-refractivity contribution in [3.63, 3.8) is 0 Å². The van der Waals surface area contributed by atoms with Crippen LogP contribution in [0.4, 0.5) is 0 Å². The zero-order valence-corrected chi connectivity index (χ0v) is 11.8. The molecule has 0 radical (unpaired) electrons. The molecule has 3 heteroatoms. The lowest BCUT2D eigenvalue weighted by molar-refractivity contribution is 0.195. The quantitative estimate of drug-likeness (QED) is 0.731. The zero-order valence-electron chi connectivity index (χ0n) is 11.0. The molecule has 1 N–H and O–H groups in total. The molecular weight excluding hydrogens is 246 g/mol. The molecule has 2 rings (SSSR count). The Morgan fingerprint density at radius 3 is 2.83 bits per heavy atom. The number of rotatable bonds is 8. The zero-order chi connectivity index (χ0) is 12.8. The maximum atomic E-state index is 6.09. The van der Waals surface area contributed by atoms with Crippen molar-refractivity contribution in [3.8, 4) is 0 Å². The molecule has 1 aliphatic rings. The SMILES string of the molecule is COCCCc1ccc(Cl)cc1CCNC1CC1. The van der Waals surface area contributed by atoms with E-state index in [2.05, 4.69) is 17.4 Å². The first-order valence-corrected chi connectivity index (χ1v) is 7.17. The highest BCUT2D eigenvalue weighted by molar-refractivity contribution is 6.30. The molecule has 0 spiro atoms. The molecular formula is C15H22ClNO. The van der Waals surface area contributed by atoms with Gasteiger partial charge in [-0.1, -0.05) is 17.7 Å². The fourth-order valence-electron chi connectivity index (χ4n) is 2.18. The Kier molecular flexibility index (Phi) is 5.48. The van der Waals surface area contributed by atoms with E-state index in [9.17, 15) is 0 Å². The lowest BCUT2D eigenvalue weighted by atomic mass is 10.0. The van der Waals surface area contributed by atoms with Gasteiger partial charge in [0.1, 0.15) is 0 Å². The average molecular weight is 268 g/mol. The van der Waals surface area contributed by atoms with Crippen molar-refractivity contribution in [1.82, 2.24) is 5.32 Å². The van der Waals surface area contributed by atoms with E-state index in [1.54, 1.807) is 7.11 Å². The molecule has 0 heterocycles. The van der Waals surface area contributed by atoms with Crippen molar-refractivity contribution in [2.75, 3.05) is 20.3 Å². The minimum atomic E-state index is 0.779. The highest BCUT2D eigenvalue weighted by Gasteiger charge is 2.19. The molecule has 0 aromatic heterocycles. The first-order valence-electron chi connectivity index (χ1n) is 6.79. The Bertz CT molecular complexity index is 377. The van der Waals surface area contributed by atoms with E-state index in [0.717, 1.165) is 43.5 Å². The van der Waals surface area contributed by atoms with Gasteiger partial charge in [0.05, 0.1) is 0 Å². The van der Waals surface area contributed by atoms with Crippen molar-refractivity contribution < 1.29 is 4.74 Å². The fraction of sp³-hybridized carbons (Fsp3) is 0.600. The molecule has 100 valence electrons. The van der Waals surface area contributed by atoms with Gasteiger partial charge in [-0.2, -0.15) is 0 Å². The molecule has 0 aliphatic heterocycles. The lowest BCUT2D eigenvalue weighted by Gasteiger charge is -2.10. The van der Waals surface area contributed by atoms with E-state index in [4.69, 9.17) is 16.3 Å². The van der Waals surface area contributed by atoms with Gasteiger partial charge < -0.3 is 10.1 Å². The second-order valence-electron chi connectivity index (χ2n) is 4.99. The van der Waals surface area contributed by atoms with E-state index in [0.29, 0.717) is 0 Å². The van der Waals surface area contributed by atoms with Gasteiger partial charge in [0, 0.05) is 24.8 Å². The van der Waals surface area contributed by atoms with Crippen molar-refractivity contribution >= 4 is 11.6 Å². The summed E-state index contributed by atoms with van der Waals surface area (Å²) < 4.78 is 5.11. The van der Waals surface area contributed by atoms with Crippen LogP contribution in [0.2, 0.25) is 5.02 Å². The topological polar surface area (TPSA) is 21.3 Å². The largest absolute Gasteiger partial charge is 0.385 e. The summed E-state index contributed by atoms with van der Waals surface area (Å²) in [5.74, 6) is 0. The number of halogens is 1. The maximum Gasteiger partial charge on any atom is 0.0465 e. The summed E-state index contributed by atoms with van der Waals surface area (Å²) in [5, 5.41) is 4.39. The lowest BCUT2D eigenvalue weighted by Crippen LogP contribution is -2.19. The second kappa shape index (κ2) is 7.13. The number of benzene rings is 1. The van der Waals surface area contributed by atoms with Gasteiger partial charge in [0.25, 0.3) is 0 Å². The number of ether oxygens (including phenoxy) is 1. The first-order chi connectivity index (χ1) is 8.79. The summed E-state index contributed by atoms with van der Waals surface area (Å²) in [4.78, 5) is 0. The number of hydrogen-bond acceptors (Lipinski definition) is 2. The molecule has 1 fully saturated rings. The molecule has 0 saturated heterocycles. The van der Waals surface area contributed by atoms with E-state index in [1.807, 2.05) is 6.07 Å². The van der Waals surface area contributed by atoms with E-state index in [-0.39, 0.29) is 0 Å². The van der Waals surface area contributed by atoms with Crippen LogP contribution in [-0.2, 0) is 17.6 Å². The number of methoxy groups -OCH3 is 1. The Morgan fingerprint density at radius 1 is 1.28 bits per heavy atom. The van der Waals surface area contributed by atoms with E-state index < -0.39 is 0 Å². The van der Waals surface area contributed by atoms with Crippen LogP contribution in [0.5, 0.6) is 0 Å². The van der Waals surface area contributed by atoms with Gasteiger partial charge in [0.15, 0.2) is 0 Å². The predicted octanol–water partition coefficient (Wildman–Crippen LogP) is 3.21. The van der Waals surface area contributed by atoms with Crippen molar-refractivity contribution in [1.29, 1.82) is 0 Å². The minimum absolute atomic E-state index is 0.779. The van der Waals surface area contributed by atoms with Crippen LogP contribution in [0.25, 0.3) is 0 Å². The molecule has 0 amide bonds. The Hall–Kier alpha value is -0.570. The second-order valence-corrected chi connectivity index (χ2v) is 5.42. The number of nitrogens with one attached hydrogen (secondary N) is 1. The third-order valence-electron chi connectivity index (χ3n) is 3.37.